The molecule has 1 N–H and O–H groups in total. The van der Waals surface area contributed by atoms with Crippen molar-refractivity contribution in [2.75, 3.05) is 6.54 Å². The molecule has 5 heteroatoms. The Morgan fingerprint density at radius 3 is 2.41 bits per heavy atom. The molecule has 2 nitrogen and oxygen atoms in total. The van der Waals surface area contributed by atoms with Crippen molar-refractivity contribution in [3.63, 3.8) is 0 Å². The van der Waals surface area contributed by atoms with Gasteiger partial charge < -0.3 is 10.1 Å². The molecule has 1 atom stereocenters. The first-order valence-corrected chi connectivity index (χ1v) is 6.39. The van der Waals surface area contributed by atoms with E-state index in [4.69, 9.17) is 4.74 Å². The molecule has 0 aromatic carbocycles. The van der Waals surface area contributed by atoms with Crippen LogP contribution in [-0.4, -0.2) is 30.5 Å². The lowest BCUT2D eigenvalue weighted by Gasteiger charge is -2.44. The van der Waals surface area contributed by atoms with Gasteiger partial charge in [0.2, 0.25) is 0 Å². The Labute approximate surface area is 99.9 Å². The number of halogens is 3. The Morgan fingerprint density at radius 1 is 1.35 bits per heavy atom. The summed E-state index contributed by atoms with van der Waals surface area (Å²) >= 11 is 0. The van der Waals surface area contributed by atoms with Crippen LogP contribution in [0.15, 0.2) is 0 Å². The topological polar surface area (TPSA) is 21.3 Å². The van der Waals surface area contributed by atoms with Crippen molar-refractivity contribution in [3.05, 3.63) is 0 Å². The van der Waals surface area contributed by atoms with Crippen molar-refractivity contribution in [2.24, 2.45) is 0 Å². The third-order valence-electron chi connectivity index (χ3n) is 3.74. The van der Waals surface area contributed by atoms with Gasteiger partial charge in [0.1, 0.15) is 0 Å². The van der Waals surface area contributed by atoms with Crippen LogP contribution in [0.4, 0.5) is 13.2 Å². The van der Waals surface area contributed by atoms with Gasteiger partial charge in [0, 0.05) is 6.04 Å². The Morgan fingerprint density at radius 2 is 2.00 bits per heavy atom. The molecular formula is C12H20F3NO. The minimum absolute atomic E-state index is 0.517. The highest BCUT2D eigenvalue weighted by Crippen LogP contribution is 2.41. The van der Waals surface area contributed by atoms with Gasteiger partial charge >= 0.3 is 6.18 Å². The van der Waals surface area contributed by atoms with Crippen LogP contribution in [0.1, 0.15) is 45.4 Å². The predicted octanol–water partition coefficient (Wildman–Crippen LogP) is 3.02. The third-order valence-corrected chi connectivity index (χ3v) is 3.74. The Kier molecular flexibility index (Phi) is 3.69. The molecule has 0 saturated heterocycles. The van der Waals surface area contributed by atoms with Crippen LogP contribution in [0.5, 0.6) is 0 Å². The van der Waals surface area contributed by atoms with Gasteiger partial charge in [-0.3, -0.25) is 0 Å². The highest BCUT2D eigenvalue weighted by molar-refractivity contribution is 4.92. The lowest BCUT2D eigenvalue weighted by molar-refractivity contribution is -0.261. The molecule has 0 bridgehead atoms. The standard InChI is InChI=1S/C12H20F3NO/c1-9(12(13,14)15)17-11(5-2-6-11)7-8-16-10-3-4-10/h9-10,16H,2-8H2,1H3. The van der Waals surface area contributed by atoms with E-state index in [1.54, 1.807) is 0 Å². The van der Waals surface area contributed by atoms with Gasteiger partial charge in [0.25, 0.3) is 0 Å². The van der Waals surface area contributed by atoms with Crippen LogP contribution < -0.4 is 5.32 Å². The molecule has 0 spiro atoms. The van der Waals surface area contributed by atoms with Gasteiger partial charge in [-0.05, 0) is 52.0 Å². The fourth-order valence-corrected chi connectivity index (χ4v) is 2.23. The maximum Gasteiger partial charge on any atom is 0.414 e. The van der Waals surface area contributed by atoms with Crippen LogP contribution in [0.2, 0.25) is 0 Å². The van der Waals surface area contributed by atoms with Crippen molar-refractivity contribution in [2.45, 2.75) is 69.4 Å². The summed E-state index contributed by atoms with van der Waals surface area (Å²) in [5.74, 6) is 0. The van der Waals surface area contributed by atoms with Crippen molar-refractivity contribution in [3.8, 4) is 0 Å². The Hall–Kier alpha value is -0.290. The summed E-state index contributed by atoms with van der Waals surface area (Å²) in [5, 5.41) is 3.33. The van der Waals surface area contributed by atoms with Crippen LogP contribution in [0, 0.1) is 0 Å². The lowest BCUT2D eigenvalue weighted by Crippen LogP contribution is -2.48. The summed E-state index contributed by atoms with van der Waals surface area (Å²) in [6.45, 7) is 1.88. The molecule has 0 amide bonds. The second kappa shape index (κ2) is 4.76. The third kappa shape index (κ3) is 3.58. The van der Waals surface area contributed by atoms with Crippen molar-refractivity contribution < 1.29 is 17.9 Å². The van der Waals surface area contributed by atoms with Crippen molar-refractivity contribution in [1.29, 1.82) is 0 Å². The van der Waals surface area contributed by atoms with E-state index in [1.165, 1.54) is 12.8 Å². The minimum Gasteiger partial charge on any atom is -0.363 e. The van der Waals surface area contributed by atoms with Gasteiger partial charge in [0.15, 0.2) is 6.10 Å². The zero-order valence-corrected chi connectivity index (χ0v) is 10.1. The summed E-state index contributed by atoms with van der Waals surface area (Å²) in [6, 6.07) is 0.604. The Balaban J connectivity index is 1.77. The van der Waals surface area contributed by atoms with Crippen LogP contribution in [0.3, 0.4) is 0 Å². The van der Waals surface area contributed by atoms with Crippen molar-refractivity contribution in [1.82, 2.24) is 5.32 Å². The molecule has 0 heterocycles. The SMILES string of the molecule is CC(OC1(CCNC2CC2)CCC1)C(F)(F)F. The van der Waals surface area contributed by atoms with E-state index in [2.05, 4.69) is 5.32 Å². The number of ether oxygens (including phenoxy) is 1. The molecular weight excluding hydrogens is 231 g/mol. The molecule has 2 aliphatic rings. The molecule has 0 aliphatic heterocycles. The summed E-state index contributed by atoms with van der Waals surface area (Å²) in [7, 11) is 0. The molecule has 0 aromatic rings. The van der Waals surface area contributed by atoms with Crippen LogP contribution in [-0.2, 0) is 4.74 Å². The molecule has 1 unspecified atom stereocenters. The fraction of sp³-hybridized carbons (Fsp3) is 1.00. The quantitative estimate of drug-likeness (QED) is 0.783. The van der Waals surface area contributed by atoms with E-state index < -0.39 is 17.9 Å². The zero-order chi connectivity index (χ0) is 12.5. The number of hydrogen-bond acceptors (Lipinski definition) is 2. The molecule has 0 aromatic heterocycles. The molecule has 100 valence electrons. The Bertz CT molecular complexity index is 259. The van der Waals surface area contributed by atoms with Gasteiger partial charge in [-0.2, -0.15) is 13.2 Å². The second-order valence-corrected chi connectivity index (χ2v) is 5.32. The van der Waals surface area contributed by atoms with E-state index in [9.17, 15) is 13.2 Å². The lowest BCUT2D eigenvalue weighted by atomic mass is 9.77. The molecule has 17 heavy (non-hydrogen) atoms. The summed E-state index contributed by atoms with van der Waals surface area (Å²) in [6.07, 6.45) is -0.285. The molecule has 2 rings (SSSR count). The highest BCUT2D eigenvalue weighted by atomic mass is 19.4. The van der Waals surface area contributed by atoms with E-state index in [0.29, 0.717) is 12.5 Å². The summed E-state index contributed by atoms with van der Waals surface area (Å²) < 4.78 is 42.7. The first kappa shape index (κ1) is 13.1. The number of rotatable bonds is 6. The van der Waals surface area contributed by atoms with E-state index in [1.807, 2.05) is 0 Å². The second-order valence-electron chi connectivity index (χ2n) is 5.32. The minimum atomic E-state index is -4.24. The predicted molar refractivity (Wildman–Crippen MR) is 58.8 cm³/mol. The van der Waals surface area contributed by atoms with Gasteiger partial charge in [0.05, 0.1) is 5.60 Å². The highest BCUT2D eigenvalue weighted by Gasteiger charge is 2.46. The summed E-state index contributed by atoms with van der Waals surface area (Å²) in [4.78, 5) is 0. The van der Waals surface area contributed by atoms with E-state index >= 15 is 0 Å². The molecule has 2 saturated carbocycles. The zero-order valence-electron chi connectivity index (χ0n) is 10.1. The van der Waals surface area contributed by atoms with Crippen LogP contribution in [0.25, 0.3) is 0 Å². The maximum absolute atomic E-state index is 12.5. The van der Waals surface area contributed by atoms with Crippen molar-refractivity contribution >= 4 is 0 Å². The van der Waals surface area contributed by atoms with Gasteiger partial charge in [-0.25, -0.2) is 0 Å². The fourth-order valence-electron chi connectivity index (χ4n) is 2.23. The van der Waals surface area contributed by atoms with E-state index in [-0.39, 0.29) is 0 Å². The number of nitrogens with one attached hydrogen (secondary N) is 1. The maximum atomic E-state index is 12.5. The summed E-state index contributed by atoms with van der Waals surface area (Å²) in [5.41, 5.74) is -0.517. The molecule has 2 aliphatic carbocycles. The van der Waals surface area contributed by atoms with Crippen LogP contribution >= 0.6 is 0 Å². The smallest absolute Gasteiger partial charge is 0.363 e. The van der Waals surface area contributed by atoms with Gasteiger partial charge in [-0.15, -0.1) is 0 Å². The number of hydrogen-bond donors (Lipinski definition) is 1. The average Bonchev–Trinajstić information content (AvgIpc) is 2.95. The molecule has 2 fully saturated rings. The average molecular weight is 251 g/mol. The largest absolute Gasteiger partial charge is 0.414 e. The van der Waals surface area contributed by atoms with Gasteiger partial charge in [-0.1, -0.05) is 0 Å². The first-order valence-electron chi connectivity index (χ1n) is 6.39. The monoisotopic (exact) mass is 251 g/mol. The normalized spacial score (nSPS) is 25.4. The molecule has 0 radical (unpaired) electrons. The van der Waals surface area contributed by atoms with E-state index in [0.717, 1.165) is 32.7 Å². The first-order chi connectivity index (χ1) is 7.91. The number of alkyl halides is 3.